The standard InChI is InChI=1S/C60H39N/c1-3-16-43(17-4-1)59-57-23-12-11-22-54(57)56-37-34-48(39-58(56)60(59)44-18-5-2-6-19-44)61(47-33-36-52-45(38-47)27-26-40-14-7-9-20-49(40)52)46-31-28-42(29-32-46)51-24-13-25-53-50-21-10-8-15-41(50)30-35-55(51)53/h1-39H. The highest BCUT2D eigenvalue weighted by Gasteiger charge is 2.21. The molecule has 0 aliphatic carbocycles. The summed E-state index contributed by atoms with van der Waals surface area (Å²) in [7, 11) is 0. The molecule has 0 bridgehead atoms. The molecule has 0 atom stereocenters. The van der Waals surface area contributed by atoms with E-state index < -0.39 is 0 Å². The molecule has 0 heterocycles. The molecule has 284 valence electrons. The third-order valence-corrected chi connectivity index (χ3v) is 12.6. The van der Waals surface area contributed by atoms with E-state index in [1.54, 1.807) is 0 Å². The summed E-state index contributed by atoms with van der Waals surface area (Å²) in [6.07, 6.45) is 0. The van der Waals surface area contributed by atoms with Crippen LogP contribution in [0.2, 0.25) is 0 Å². The van der Waals surface area contributed by atoms with Gasteiger partial charge in [-0.3, -0.25) is 0 Å². The van der Waals surface area contributed by atoms with Crippen LogP contribution in [0, 0.1) is 0 Å². The van der Waals surface area contributed by atoms with Crippen molar-refractivity contribution in [1.82, 2.24) is 0 Å². The molecule has 0 spiro atoms. The summed E-state index contributed by atoms with van der Waals surface area (Å²) in [6.45, 7) is 0. The van der Waals surface area contributed by atoms with E-state index in [1.165, 1.54) is 98.0 Å². The van der Waals surface area contributed by atoms with E-state index in [2.05, 4.69) is 241 Å². The van der Waals surface area contributed by atoms with Gasteiger partial charge in [-0.15, -0.1) is 0 Å². The van der Waals surface area contributed by atoms with Crippen LogP contribution in [-0.2, 0) is 0 Å². The van der Waals surface area contributed by atoms with Gasteiger partial charge in [0.05, 0.1) is 0 Å². The Labute approximate surface area is 355 Å². The van der Waals surface area contributed by atoms with Crippen LogP contribution in [0.15, 0.2) is 237 Å². The van der Waals surface area contributed by atoms with Crippen molar-refractivity contribution in [1.29, 1.82) is 0 Å². The highest BCUT2D eigenvalue weighted by atomic mass is 15.1. The lowest BCUT2D eigenvalue weighted by Gasteiger charge is -2.27. The molecule has 0 aliphatic rings. The van der Waals surface area contributed by atoms with Crippen molar-refractivity contribution < 1.29 is 0 Å². The minimum Gasteiger partial charge on any atom is -0.310 e. The van der Waals surface area contributed by atoms with Crippen LogP contribution in [-0.4, -0.2) is 0 Å². The van der Waals surface area contributed by atoms with Gasteiger partial charge in [0.2, 0.25) is 0 Å². The fourth-order valence-electron chi connectivity index (χ4n) is 9.80. The summed E-state index contributed by atoms with van der Waals surface area (Å²) < 4.78 is 0. The molecule has 12 aromatic carbocycles. The van der Waals surface area contributed by atoms with Gasteiger partial charge in [-0.2, -0.15) is 0 Å². The maximum Gasteiger partial charge on any atom is 0.0468 e. The van der Waals surface area contributed by atoms with E-state index in [1.807, 2.05) is 0 Å². The normalized spacial score (nSPS) is 11.6. The molecule has 0 radical (unpaired) electrons. The van der Waals surface area contributed by atoms with Crippen molar-refractivity contribution in [2.45, 2.75) is 0 Å². The number of anilines is 3. The Morgan fingerprint density at radius 2 is 0.656 bits per heavy atom. The Bertz CT molecular complexity index is 3630. The predicted molar refractivity (Wildman–Crippen MR) is 262 cm³/mol. The summed E-state index contributed by atoms with van der Waals surface area (Å²) in [5.74, 6) is 0. The first kappa shape index (κ1) is 35.0. The molecule has 61 heavy (non-hydrogen) atoms. The van der Waals surface area contributed by atoms with Gasteiger partial charge in [-0.1, -0.05) is 200 Å². The summed E-state index contributed by atoms with van der Waals surface area (Å²) in [4.78, 5) is 2.43. The van der Waals surface area contributed by atoms with Gasteiger partial charge in [-0.25, -0.2) is 0 Å². The Balaban J connectivity index is 1.09. The van der Waals surface area contributed by atoms with E-state index >= 15 is 0 Å². The van der Waals surface area contributed by atoms with Crippen LogP contribution in [0.25, 0.3) is 98.0 Å². The number of hydrogen-bond acceptors (Lipinski definition) is 1. The van der Waals surface area contributed by atoms with E-state index in [4.69, 9.17) is 0 Å². The highest BCUT2D eigenvalue weighted by Crippen LogP contribution is 2.47. The zero-order valence-electron chi connectivity index (χ0n) is 33.5. The first-order valence-corrected chi connectivity index (χ1v) is 21.1. The van der Waals surface area contributed by atoms with Gasteiger partial charge in [0.15, 0.2) is 0 Å². The van der Waals surface area contributed by atoms with E-state index in [0.717, 1.165) is 17.1 Å². The smallest absolute Gasteiger partial charge is 0.0468 e. The van der Waals surface area contributed by atoms with Gasteiger partial charge in [0.25, 0.3) is 0 Å². The van der Waals surface area contributed by atoms with Crippen molar-refractivity contribution in [2.75, 3.05) is 4.90 Å². The monoisotopic (exact) mass is 773 g/mol. The van der Waals surface area contributed by atoms with Gasteiger partial charge in [-0.05, 0) is 134 Å². The molecule has 0 aliphatic heterocycles. The van der Waals surface area contributed by atoms with Crippen LogP contribution in [0.3, 0.4) is 0 Å². The maximum absolute atomic E-state index is 2.43. The largest absolute Gasteiger partial charge is 0.310 e. The van der Waals surface area contributed by atoms with Crippen LogP contribution in [0.4, 0.5) is 17.1 Å². The fourth-order valence-corrected chi connectivity index (χ4v) is 9.80. The average Bonchev–Trinajstić information content (AvgIpc) is 3.34. The Morgan fingerprint density at radius 3 is 1.36 bits per heavy atom. The van der Waals surface area contributed by atoms with Crippen molar-refractivity contribution in [3.8, 4) is 33.4 Å². The number of nitrogens with zero attached hydrogens (tertiary/aromatic N) is 1. The molecule has 12 rings (SSSR count). The lowest BCUT2D eigenvalue weighted by atomic mass is 9.85. The van der Waals surface area contributed by atoms with Crippen LogP contribution in [0.1, 0.15) is 0 Å². The zero-order chi connectivity index (χ0) is 40.3. The average molecular weight is 774 g/mol. The summed E-state index contributed by atoms with van der Waals surface area (Å²) in [5, 5.41) is 15.0. The first-order valence-electron chi connectivity index (χ1n) is 21.1. The van der Waals surface area contributed by atoms with Crippen LogP contribution < -0.4 is 4.90 Å². The van der Waals surface area contributed by atoms with Gasteiger partial charge >= 0.3 is 0 Å². The molecule has 0 fully saturated rings. The third kappa shape index (κ3) is 5.86. The summed E-state index contributed by atoms with van der Waals surface area (Å²) in [5.41, 5.74) is 10.6. The summed E-state index contributed by atoms with van der Waals surface area (Å²) >= 11 is 0. The molecule has 0 saturated heterocycles. The molecule has 0 aromatic heterocycles. The maximum atomic E-state index is 2.43. The molecule has 1 nitrogen and oxygen atoms in total. The molecule has 0 saturated carbocycles. The minimum absolute atomic E-state index is 1.10. The Hall–Kier alpha value is -8.00. The third-order valence-electron chi connectivity index (χ3n) is 12.6. The fraction of sp³-hybridized carbons (Fsp3) is 0. The minimum atomic E-state index is 1.10. The summed E-state index contributed by atoms with van der Waals surface area (Å²) in [6, 6.07) is 86.9. The van der Waals surface area contributed by atoms with Gasteiger partial charge in [0.1, 0.15) is 0 Å². The van der Waals surface area contributed by atoms with Crippen LogP contribution in [0.5, 0.6) is 0 Å². The predicted octanol–water partition coefficient (Wildman–Crippen LogP) is 17.1. The zero-order valence-corrected chi connectivity index (χ0v) is 33.5. The number of fused-ring (bicyclic) bond motifs is 9. The van der Waals surface area contributed by atoms with Crippen molar-refractivity contribution in [3.05, 3.63) is 237 Å². The number of rotatable bonds is 6. The Kier molecular flexibility index (Phi) is 8.25. The van der Waals surface area contributed by atoms with E-state index in [-0.39, 0.29) is 0 Å². The van der Waals surface area contributed by atoms with Crippen molar-refractivity contribution in [2.24, 2.45) is 0 Å². The van der Waals surface area contributed by atoms with Crippen LogP contribution >= 0.6 is 0 Å². The number of hydrogen-bond donors (Lipinski definition) is 0. The second-order valence-electron chi connectivity index (χ2n) is 16.0. The SMILES string of the molecule is c1ccc(-c2c(-c3ccccc3)c3cc(N(c4ccc(-c5cccc6c5ccc5ccccc56)cc4)c4ccc5c(ccc6ccccc65)c4)ccc3c3ccccc23)cc1. The molecular formula is C60H39N. The topological polar surface area (TPSA) is 3.24 Å². The molecule has 0 N–H and O–H groups in total. The van der Waals surface area contributed by atoms with E-state index in [0.29, 0.717) is 0 Å². The van der Waals surface area contributed by atoms with Crippen molar-refractivity contribution in [3.63, 3.8) is 0 Å². The lowest BCUT2D eigenvalue weighted by molar-refractivity contribution is 1.30. The highest BCUT2D eigenvalue weighted by molar-refractivity contribution is 6.22. The molecule has 0 amide bonds. The first-order chi connectivity index (χ1) is 30.3. The lowest BCUT2D eigenvalue weighted by Crippen LogP contribution is -2.10. The molecule has 1 heteroatoms. The van der Waals surface area contributed by atoms with Gasteiger partial charge < -0.3 is 4.90 Å². The van der Waals surface area contributed by atoms with E-state index in [9.17, 15) is 0 Å². The second-order valence-corrected chi connectivity index (χ2v) is 16.0. The Morgan fingerprint density at radius 1 is 0.213 bits per heavy atom. The molecule has 0 unspecified atom stereocenters. The van der Waals surface area contributed by atoms with Gasteiger partial charge in [0, 0.05) is 17.1 Å². The second kappa shape index (κ2) is 14.4. The number of benzene rings is 12. The molecule has 12 aromatic rings. The quantitative estimate of drug-likeness (QED) is 0.152. The van der Waals surface area contributed by atoms with Crippen molar-refractivity contribution >= 4 is 81.7 Å². The molecular weight excluding hydrogens is 735 g/mol.